The van der Waals surface area contributed by atoms with Gasteiger partial charge in [0, 0.05) is 47.6 Å². The monoisotopic (exact) mass is 504 g/mol. The molecule has 10 heteroatoms. The molecular formula is C27H26F2N6O2. The molecule has 0 unspecified atom stereocenters. The fourth-order valence-corrected chi connectivity index (χ4v) is 5.21. The quantitative estimate of drug-likeness (QED) is 0.367. The third kappa shape index (κ3) is 4.59. The summed E-state index contributed by atoms with van der Waals surface area (Å²) in [5.41, 5.74) is 2.83. The van der Waals surface area contributed by atoms with Gasteiger partial charge in [-0.15, -0.1) is 0 Å². The fourth-order valence-electron chi connectivity index (χ4n) is 5.21. The Balaban J connectivity index is 1.07. The Bertz CT molecular complexity index is 1470. The van der Waals surface area contributed by atoms with Gasteiger partial charge in [0.05, 0.1) is 11.6 Å². The summed E-state index contributed by atoms with van der Waals surface area (Å²) in [7, 11) is 0. The molecule has 0 atom stereocenters. The molecule has 1 amide bonds. The molecule has 1 aliphatic heterocycles. The van der Waals surface area contributed by atoms with E-state index in [9.17, 15) is 18.7 Å². The number of carbonyl (C=O) groups excluding carboxylic acids is 1. The number of rotatable bonds is 5. The molecule has 3 N–H and O–H groups in total. The number of nitrogens with one attached hydrogen (secondary N) is 2. The van der Waals surface area contributed by atoms with Gasteiger partial charge in [0.25, 0.3) is 5.91 Å². The van der Waals surface area contributed by atoms with Crippen LogP contribution in [0.1, 0.15) is 47.6 Å². The summed E-state index contributed by atoms with van der Waals surface area (Å²) in [6.45, 7) is 1.32. The van der Waals surface area contributed by atoms with E-state index in [4.69, 9.17) is 5.10 Å². The summed E-state index contributed by atoms with van der Waals surface area (Å²) in [6.07, 6.45) is 8.56. The highest BCUT2D eigenvalue weighted by Gasteiger charge is 2.24. The van der Waals surface area contributed by atoms with Crippen molar-refractivity contribution in [3.05, 3.63) is 65.5 Å². The molecule has 4 aromatic rings. The number of hydrogen-bond acceptors (Lipinski definition) is 6. The summed E-state index contributed by atoms with van der Waals surface area (Å²) in [5.74, 6) is -2.07. The van der Waals surface area contributed by atoms with Crippen molar-refractivity contribution in [2.45, 2.75) is 38.1 Å². The van der Waals surface area contributed by atoms with Crippen molar-refractivity contribution < 1.29 is 18.7 Å². The van der Waals surface area contributed by atoms with Crippen molar-refractivity contribution >= 4 is 22.6 Å². The normalized spacial score (nSPS) is 19.0. The predicted octanol–water partition coefficient (Wildman–Crippen LogP) is 4.61. The molecule has 1 fully saturated rings. The van der Waals surface area contributed by atoms with Gasteiger partial charge < -0.3 is 15.7 Å². The van der Waals surface area contributed by atoms with Crippen molar-refractivity contribution in [1.29, 1.82) is 0 Å². The maximum absolute atomic E-state index is 13.5. The van der Waals surface area contributed by atoms with Gasteiger partial charge >= 0.3 is 0 Å². The Labute approximate surface area is 211 Å². The lowest BCUT2D eigenvalue weighted by Crippen LogP contribution is -2.31. The first-order valence-corrected chi connectivity index (χ1v) is 12.5. The Kier molecular flexibility index (Phi) is 5.94. The highest BCUT2D eigenvalue weighted by molar-refractivity contribution is 5.94. The standard InChI is InChI=1S/C27H26F2N6O2/c28-21-9-19(10-22(29)24(21)36)27(37)32-12-15-1-5-20(6-2-15)35-14-18-4-3-16(11-23(18)34-35)25-31-13-17-7-8-30-26(17)33-25/h3-4,9-11,13-15,20,36H,1-2,5-8,12H2,(H,32,37)(H,30,31,33)/t15-,20-. The molecule has 3 heterocycles. The number of phenolic OH excluding ortho intramolecular Hbond substituents is 1. The molecule has 0 spiro atoms. The van der Waals surface area contributed by atoms with Gasteiger partial charge in [-0.05, 0) is 56.2 Å². The molecule has 2 aliphatic rings. The number of anilines is 1. The largest absolute Gasteiger partial charge is 0.503 e. The van der Waals surface area contributed by atoms with Gasteiger partial charge in [0.15, 0.2) is 23.2 Å². The van der Waals surface area contributed by atoms with Gasteiger partial charge in [-0.25, -0.2) is 18.7 Å². The van der Waals surface area contributed by atoms with Crippen molar-refractivity contribution in [2.24, 2.45) is 5.92 Å². The SMILES string of the molecule is O=C(NC[C@H]1CC[C@H](n2cc3ccc(-c4ncc5c(n4)NCC5)cc3n2)CC1)c1cc(F)c(O)c(F)c1. The maximum atomic E-state index is 13.5. The highest BCUT2D eigenvalue weighted by Crippen LogP contribution is 2.33. The minimum absolute atomic E-state index is 0.148. The minimum Gasteiger partial charge on any atom is -0.503 e. The Morgan fingerprint density at radius 2 is 1.92 bits per heavy atom. The van der Waals surface area contributed by atoms with E-state index in [-0.39, 0.29) is 17.5 Å². The van der Waals surface area contributed by atoms with Gasteiger partial charge in [-0.1, -0.05) is 12.1 Å². The Morgan fingerprint density at radius 3 is 2.70 bits per heavy atom. The summed E-state index contributed by atoms with van der Waals surface area (Å²) >= 11 is 0. The first-order chi connectivity index (χ1) is 17.9. The average Bonchev–Trinajstić information content (AvgIpc) is 3.56. The third-order valence-corrected chi connectivity index (χ3v) is 7.36. The fraction of sp³-hybridized carbons (Fsp3) is 0.333. The van der Waals surface area contributed by atoms with Crippen LogP contribution in [0.5, 0.6) is 5.75 Å². The molecular weight excluding hydrogens is 478 g/mol. The summed E-state index contributed by atoms with van der Waals surface area (Å²) in [4.78, 5) is 21.5. The molecule has 2 aromatic carbocycles. The average molecular weight is 505 g/mol. The Hall–Kier alpha value is -4.08. The second kappa shape index (κ2) is 9.42. The van der Waals surface area contributed by atoms with Crippen LogP contribution in [0.4, 0.5) is 14.6 Å². The van der Waals surface area contributed by atoms with Crippen LogP contribution in [0.25, 0.3) is 22.3 Å². The topological polar surface area (TPSA) is 105 Å². The first-order valence-electron chi connectivity index (χ1n) is 12.5. The second-order valence-electron chi connectivity index (χ2n) is 9.80. The third-order valence-electron chi connectivity index (χ3n) is 7.36. The van der Waals surface area contributed by atoms with E-state index in [0.29, 0.717) is 12.4 Å². The number of hydrogen-bond donors (Lipinski definition) is 3. The zero-order valence-corrected chi connectivity index (χ0v) is 20.0. The molecule has 1 saturated carbocycles. The highest BCUT2D eigenvalue weighted by atomic mass is 19.1. The van der Waals surface area contributed by atoms with Crippen LogP contribution in [0.3, 0.4) is 0 Å². The van der Waals surface area contributed by atoms with E-state index in [1.54, 1.807) is 0 Å². The van der Waals surface area contributed by atoms with Crippen molar-refractivity contribution in [1.82, 2.24) is 25.1 Å². The summed E-state index contributed by atoms with van der Waals surface area (Å²) in [5, 5.41) is 21.2. The number of nitrogens with zero attached hydrogens (tertiary/aromatic N) is 4. The predicted molar refractivity (Wildman–Crippen MR) is 134 cm³/mol. The van der Waals surface area contributed by atoms with Gasteiger partial charge in [-0.2, -0.15) is 5.10 Å². The molecule has 6 rings (SSSR count). The first kappa shape index (κ1) is 23.3. The van der Waals surface area contributed by atoms with E-state index < -0.39 is 23.3 Å². The van der Waals surface area contributed by atoms with Gasteiger partial charge in [-0.3, -0.25) is 9.48 Å². The molecule has 0 saturated heterocycles. The van der Waals surface area contributed by atoms with Crippen LogP contribution in [-0.4, -0.2) is 43.9 Å². The number of phenols is 1. The number of benzene rings is 2. The van der Waals surface area contributed by atoms with Crippen LogP contribution >= 0.6 is 0 Å². The smallest absolute Gasteiger partial charge is 0.251 e. The maximum Gasteiger partial charge on any atom is 0.251 e. The number of carbonyl (C=O) groups is 1. The molecule has 0 radical (unpaired) electrons. The van der Waals surface area contributed by atoms with Crippen LogP contribution in [0.2, 0.25) is 0 Å². The molecule has 0 bridgehead atoms. The lowest BCUT2D eigenvalue weighted by atomic mass is 9.86. The molecule has 2 aromatic heterocycles. The van der Waals surface area contributed by atoms with Crippen LogP contribution in [0.15, 0.2) is 42.7 Å². The second-order valence-corrected chi connectivity index (χ2v) is 9.80. The molecule has 1 aliphatic carbocycles. The van der Waals surface area contributed by atoms with E-state index in [2.05, 4.69) is 26.8 Å². The zero-order chi connectivity index (χ0) is 25.5. The number of halogens is 2. The number of amides is 1. The van der Waals surface area contributed by atoms with Crippen LogP contribution < -0.4 is 10.6 Å². The van der Waals surface area contributed by atoms with Crippen LogP contribution in [0, 0.1) is 17.6 Å². The van der Waals surface area contributed by atoms with E-state index >= 15 is 0 Å². The summed E-state index contributed by atoms with van der Waals surface area (Å²) in [6, 6.07) is 8.05. The molecule has 8 nitrogen and oxygen atoms in total. The lowest BCUT2D eigenvalue weighted by molar-refractivity contribution is 0.0940. The number of fused-ring (bicyclic) bond motifs is 2. The van der Waals surface area contributed by atoms with Gasteiger partial charge in [0.2, 0.25) is 0 Å². The Morgan fingerprint density at radius 1 is 1.14 bits per heavy atom. The van der Waals surface area contributed by atoms with Crippen LogP contribution in [-0.2, 0) is 6.42 Å². The summed E-state index contributed by atoms with van der Waals surface area (Å²) < 4.78 is 29.1. The lowest BCUT2D eigenvalue weighted by Gasteiger charge is -2.28. The van der Waals surface area contributed by atoms with E-state index in [1.165, 1.54) is 0 Å². The van der Waals surface area contributed by atoms with E-state index in [0.717, 1.165) is 78.6 Å². The van der Waals surface area contributed by atoms with Crippen molar-refractivity contribution in [3.8, 4) is 17.1 Å². The molecule has 190 valence electrons. The van der Waals surface area contributed by atoms with Gasteiger partial charge in [0.1, 0.15) is 5.82 Å². The van der Waals surface area contributed by atoms with Crippen molar-refractivity contribution in [3.63, 3.8) is 0 Å². The van der Waals surface area contributed by atoms with E-state index in [1.807, 2.05) is 29.1 Å². The number of aromatic hydroxyl groups is 1. The molecule has 37 heavy (non-hydrogen) atoms. The van der Waals surface area contributed by atoms with Crippen molar-refractivity contribution in [2.75, 3.05) is 18.4 Å². The number of aromatic nitrogens is 4. The zero-order valence-electron chi connectivity index (χ0n) is 20.0. The minimum atomic E-state index is -1.15.